The van der Waals surface area contributed by atoms with E-state index in [1.165, 1.54) is 5.56 Å². The molecule has 0 bridgehead atoms. The summed E-state index contributed by atoms with van der Waals surface area (Å²) in [7, 11) is 0. The fourth-order valence-corrected chi connectivity index (χ4v) is 2.06. The Bertz CT molecular complexity index is 440. The molecule has 3 heteroatoms. The second-order valence-corrected chi connectivity index (χ2v) is 4.54. The maximum absolute atomic E-state index is 12.0. The first-order valence-corrected chi connectivity index (χ1v) is 5.91. The maximum Gasteiger partial charge on any atom is 0.224 e. The van der Waals surface area contributed by atoms with E-state index >= 15 is 0 Å². The number of nitrogens with zero attached hydrogens (tertiary/aromatic N) is 1. The lowest BCUT2D eigenvalue weighted by molar-refractivity contribution is -0.131. The minimum absolute atomic E-state index is 0.190. The van der Waals surface area contributed by atoms with E-state index in [4.69, 9.17) is 0 Å². The zero-order chi connectivity index (χ0) is 12.3. The molecule has 0 fully saturated rings. The normalized spacial score (nSPS) is 15.6. The first-order chi connectivity index (χ1) is 8.16. The van der Waals surface area contributed by atoms with E-state index in [9.17, 15) is 4.79 Å². The summed E-state index contributed by atoms with van der Waals surface area (Å²) in [5.41, 5.74) is 3.32. The molecular formula is C14H18N2O. The summed E-state index contributed by atoms with van der Waals surface area (Å²) >= 11 is 0. The predicted octanol–water partition coefficient (Wildman–Crippen LogP) is 2.41. The highest BCUT2D eigenvalue weighted by atomic mass is 16.2. The molecule has 0 unspecified atom stereocenters. The van der Waals surface area contributed by atoms with Gasteiger partial charge in [0.1, 0.15) is 0 Å². The van der Waals surface area contributed by atoms with E-state index in [-0.39, 0.29) is 5.91 Å². The van der Waals surface area contributed by atoms with Gasteiger partial charge in [0, 0.05) is 31.7 Å². The van der Waals surface area contributed by atoms with Gasteiger partial charge in [-0.2, -0.15) is 0 Å². The van der Waals surface area contributed by atoms with E-state index in [2.05, 4.69) is 24.0 Å². The summed E-state index contributed by atoms with van der Waals surface area (Å²) in [5.74, 6) is 0.190. The van der Waals surface area contributed by atoms with Gasteiger partial charge < -0.3 is 10.2 Å². The topological polar surface area (TPSA) is 32.3 Å². The predicted molar refractivity (Wildman–Crippen MR) is 69.8 cm³/mol. The molecule has 1 aliphatic heterocycles. The Hall–Kier alpha value is -1.77. The molecule has 17 heavy (non-hydrogen) atoms. The molecule has 1 aliphatic rings. The number of benzene rings is 1. The van der Waals surface area contributed by atoms with Crippen LogP contribution in [0.2, 0.25) is 0 Å². The Morgan fingerprint density at radius 3 is 3.00 bits per heavy atom. The number of carbonyl (C=O) groups excluding carboxylic acids is 1. The lowest BCUT2D eigenvalue weighted by Crippen LogP contribution is -2.34. The summed E-state index contributed by atoms with van der Waals surface area (Å²) in [6, 6.07) is 8.14. The molecule has 1 amide bonds. The average molecular weight is 230 g/mol. The van der Waals surface area contributed by atoms with Crippen LogP contribution in [-0.4, -0.2) is 23.9 Å². The fourth-order valence-electron chi connectivity index (χ4n) is 2.06. The van der Waals surface area contributed by atoms with Gasteiger partial charge in [0.25, 0.3) is 0 Å². The Morgan fingerprint density at radius 1 is 1.47 bits per heavy atom. The zero-order valence-electron chi connectivity index (χ0n) is 10.2. The Balaban J connectivity index is 2.24. The molecular weight excluding hydrogens is 212 g/mol. The number of hydrogen-bond donors (Lipinski definition) is 1. The Kier molecular flexibility index (Phi) is 3.47. The maximum atomic E-state index is 12.0. The molecule has 90 valence electrons. The number of hydrogen-bond acceptors (Lipinski definition) is 2. The van der Waals surface area contributed by atoms with Crippen LogP contribution in [-0.2, 0) is 11.3 Å². The van der Waals surface area contributed by atoms with E-state index in [0.29, 0.717) is 26.1 Å². The Labute approximate surface area is 102 Å². The third-order valence-corrected chi connectivity index (χ3v) is 2.85. The second kappa shape index (κ2) is 5.04. The van der Waals surface area contributed by atoms with Crippen molar-refractivity contribution in [2.24, 2.45) is 0 Å². The van der Waals surface area contributed by atoms with E-state index in [1.807, 2.05) is 24.0 Å². The Morgan fingerprint density at radius 2 is 2.24 bits per heavy atom. The minimum Gasteiger partial charge on any atom is -0.384 e. The van der Waals surface area contributed by atoms with Crippen molar-refractivity contribution in [3.05, 3.63) is 42.0 Å². The molecule has 0 atom stereocenters. The number of fused-ring (bicyclic) bond motifs is 1. The first-order valence-electron chi connectivity index (χ1n) is 5.91. The molecule has 3 nitrogen and oxygen atoms in total. The third kappa shape index (κ3) is 2.87. The van der Waals surface area contributed by atoms with Gasteiger partial charge in [-0.15, -0.1) is 0 Å². The standard InChI is InChI=1S/C14H18N2O/c1-11(2)9-16-10-12-5-3-4-6-13(12)15-8-7-14(16)17/h3-6,15H,1,7-10H2,2H3. The number of anilines is 1. The van der Waals surface area contributed by atoms with Crippen LogP contribution in [0.1, 0.15) is 18.9 Å². The van der Waals surface area contributed by atoms with Crippen LogP contribution in [0, 0.1) is 0 Å². The van der Waals surface area contributed by atoms with Gasteiger partial charge in [0.15, 0.2) is 0 Å². The lowest BCUT2D eigenvalue weighted by atomic mass is 10.1. The monoisotopic (exact) mass is 230 g/mol. The SMILES string of the molecule is C=C(C)CN1Cc2ccccc2NCCC1=O. The largest absolute Gasteiger partial charge is 0.384 e. The van der Waals surface area contributed by atoms with Crippen molar-refractivity contribution in [1.29, 1.82) is 0 Å². The van der Waals surface area contributed by atoms with Gasteiger partial charge in [-0.25, -0.2) is 0 Å². The zero-order valence-corrected chi connectivity index (χ0v) is 10.2. The molecule has 1 N–H and O–H groups in total. The molecule has 0 saturated heterocycles. The van der Waals surface area contributed by atoms with Gasteiger partial charge in [-0.05, 0) is 18.6 Å². The molecule has 1 aromatic carbocycles. The van der Waals surface area contributed by atoms with E-state index < -0.39 is 0 Å². The number of amides is 1. The van der Waals surface area contributed by atoms with Gasteiger partial charge in [-0.1, -0.05) is 30.4 Å². The van der Waals surface area contributed by atoms with Crippen LogP contribution in [0.5, 0.6) is 0 Å². The molecule has 1 heterocycles. The number of rotatable bonds is 2. The fraction of sp³-hybridized carbons (Fsp3) is 0.357. The van der Waals surface area contributed by atoms with Crippen LogP contribution >= 0.6 is 0 Å². The van der Waals surface area contributed by atoms with Gasteiger partial charge in [0.2, 0.25) is 5.91 Å². The summed E-state index contributed by atoms with van der Waals surface area (Å²) in [6.45, 7) is 7.84. The summed E-state index contributed by atoms with van der Waals surface area (Å²) < 4.78 is 0. The molecule has 0 aliphatic carbocycles. The summed E-state index contributed by atoms with van der Waals surface area (Å²) in [5, 5.41) is 3.30. The van der Waals surface area contributed by atoms with Crippen LogP contribution in [0.3, 0.4) is 0 Å². The summed E-state index contributed by atoms with van der Waals surface area (Å²) in [6.07, 6.45) is 0.543. The van der Waals surface area contributed by atoms with Crippen molar-refractivity contribution < 1.29 is 4.79 Å². The molecule has 2 rings (SSSR count). The van der Waals surface area contributed by atoms with Gasteiger partial charge >= 0.3 is 0 Å². The van der Waals surface area contributed by atoms with E-state index in [1.54, 1.807) is 0 Å². The first kappa shape index (κ1) is 11.7. The van der Waals surface area contributed by atoms with E-state index in [0.717, 1.165) is 11.3 Å². The van der Waals surface area contributed by atoms with Crippen molar-refractivity contribution in [2.75, 3.05) is 18.4 Å². The number of carbonyl (C=O) groups is 1. The van der Waals surface area contributed by atoms with Crippen LogP contribution in [0.4, 0.5) is 5.69 Å². The highest BCUT2D eigenvalue weighted by Crippen LogP contribution is 2.20. The summed E-state index contributed by atoms with van der Waals surface area (Å²) in [4.78, 5) is 13.8. The number of nitrogens with one attached hydrogen (secondary N) is 1. The minimum atomic E-state index is 0.190. The van der Waals surface area contributed by atoms with Crippen LogP contribution < -0.4 is 5.32 Å². The van der Waals surface area contributed by atoms with Crippen molar-refractivity contribution >= 4 is 11.6 Å². The van der Waals surface area contributed by atoms with Crippen molar-refractivity contribution in [2.45, 2.75) is 19.9 Å². The van der Waals surface area contributed by atoms with Crippen molar-refractivity contribution in [3.63, 3.8) is 0 Å². The van der Waals surface area contributed by atoms with Crippen molar-refractivity contribution in [1.82, 2.24) is 4.90 Å². The van der Waals surface area contributed by atoms with Crippen LogP contribution in [0.15, 0.2) is 36.4 Å². The second-order valence-electron chi connectivity index (χ2n) is 4.54. The smallest absolute Gasteiger partial charge is 0.224 e. The number of para-hydroxylation sites is 1. The lowest BCUT2D eigenvalue weighted by Gasteiger charge is -2.27. The third-order valence-electron chi connectivity index (χ3n) is 2.85. The highest BCUT2D eigenvalue weighted by molar-refractivity contribution is 5.78. The van der Waals surface area contributed by atoms with Crippen molar-refractivity contribution in [3.8, 4) is 0 Å². The molecule has 1 aromatic rings. The molecule has 0 radical (unpaired) electrons. The average Bonchev–Trinajstić information content (AvgIpc) is 2.27. The van der Waals surface area contributed by atoms with Gasteiger partial charge in [0.05, 0.1) is 0 Å². The molecule has 0 aromatic heterocycles. The highest BCUT2D eigenvalue weighted by Gasteiger charge is 2.17. The van der Waals surface area contributed by atoms with Crippen LogP contribution in [0.25, 0.3) is 0 Å². The molecule has 0 saturated carbocycles. The quantitative estimate of drug-likeness (QED) is 0.791. The molecule has 0 spiro atoms. The van der Waals surface area contributed by atoms with Gasteiger partial charge in [-0.3, -0.25) is 4.79 Å².